The van der Waals surface area contributed by atoms with E-state index in [1.807, 2.05) is 36.4 Å². The van der Waals surface area contributed by atoms with Crippen LogP contribution >= 0.6 is 0 Å². The number of rotatable bonds is 3. The Morgan fingerprint density at radius 2 is 1.80 bits per heavy atom. The number of aliphatic imine (C=N–C) groups is 1. The first-order valence-corrected chi connectivity index (χ1v) is 9.37. The molecule has 30 heavy (non-hydrogen) atoms. The third kappa shape index (κ3) is 4.40. The Morgan fingerprint density at radius 1 is 1.03 bits per heavy atom. The summed E-state index contributed by atoms with van der Waals surface area (Å²) >= 11 is 0. The van der Waals surface area contributed by atoms with Gasteiger partial charge in [-0.15, -0.1) is 0 Å². The fourth-order valence-electron chi connectivity index (χ4n) is 3.45. The van der Waals surface area contributed by atoms with Crippen molar-refractivity contribution in [1.29, 1.82) is 0 Å². The maximum absolute atomic E-state index is 12.9. The van der Waals surface area contributed by atoms with Crippen LogP contribution in [0.1, 0.15) is 23.1 Å². The minimum absolute atomic E-state index is 0.0266. The molecule has 0 spiro atoms. The highest BCUT2D eigenvalue weighted by Crippen LogP contribution is 2.35. The summed E-state index contributed by atoms with van der Waals surface area (Å²) in [5, 5.41) is 2.69. The molecular weight excluding hydrogens is 391 g/mol. The lowest BCUT2D eigenvalue weighted by Crippen LogP contribution is -2.16. The molecule has 4 nitrogen and oxygen atoms in total. The molecule has 0 radical (unpaired) electrons. The van der Waals surface area contributed by atoms with Gasteiger partial charge in [-0.05, 0) is 53.4 Å². The van der Waals surface area contributed by atoms with Crippen LogP contribution in [0.3, 0.4) is 0 Å². The van der Waals surface area contributed by atoms with Gasteiger partial charge in [0.05, 0.1) is 29.9 Å². The van der Waals surface area contributed by atoms with Crippen molar-refractivity contribution in [2.45, 2.75) is 25.9 Å². The number of benzene rings is 2. The van der Waals surface area contributed by atoms with E-state index in [1.165, 1.54) is 6.07 Å². The topological polar surface area (TPSA) is 54.4 Å². The SMILES string of the molecule is Cc1cc2c(cc1CC(F)(F)F)NC(=O)CC(c1cccc(-c3cccnc3)c1)=N2. The zero-order chi connectivity index (χ0) is 21.3. The van der Waals surface area contributed by atoms with Crippen molar-refractivity contribution in [2.75, 3.05) is 5.32 Å². The molecule has 1 aromatic heterocycles. The van der Waals surface area contributed by atoms with Gasteiger partial charge in [-0.3, -0.25) is 14.8 Å². The Labute approximate surface area is 171 Å². The van der Waals surface area contributed by atoms with Crippen LogP contribution in [0.4, 0.5) is 24.5 Å². The smallest absolute Gasteiger partial charge is 0.324 e. The number of anilines is 1. The van der Waals surface area contributed by atoms with Gasteiger partial charge in [0, 0.05) is 18.0 Å². The molecule has 0 atom stereocenters. The molecule has 1 aliphatic rings. The number of aromatic nitrogens is 1. The number of fused-ring (bicyclic) bond motifs is 1. The first-order chi connectivity index (χ1) is 14.3. The monoisotopic (exact) mass is 409 g/mol. The summed E-state index contributed by atoms with van der Waals surface area (Å²) in [4.78, 5) is 21.2. The molecule has 2 heterocycles. The zero-order valence-electron chi connectivity index (χ0n) is 16.1. The van der Waals surface area contributed by atoms with Crippen LogP contribution in [0, 0.1) is 6.92 Å². The lowest BCUT2D eigenvalue weighted by Gasteiger charge is -2.13. The van der Waals surface area contributed by atoms with Crippen molar-refractivity contribution in [3.8, 4) is 11.1 Å². The number of aryl methyl sites for hydroxylation is 1. The van der Waals surface area contributed by atoms with Gasteiger partial charge in [-0.25, -0.2) is 0 Å². The predicted molar refractivity (Wildman–Crippen MR) is 110 cm³/mol. The Hall–Kier alpha value is -3.48. The van der Waals surface area contributed by atoms with E-state index in [1.54, 1.807) is 25.4 Å². The minimum Gasteiger partial charge on any atom is -0.324 e. The van der Waals surface area contributed by atoms with Crippen molar-refractivity contribution in [2.24, 2.45) is 4.99 Å². The quantitative estimate of drug-likeness (QED) is 0.610. The van der Waals surface area contributed by atoms with Crippen molar-refractivity contribution in [3.05, 3.63) is 77.6 Å². The minimum atomic E-state index is -4.32. The van der Waals surface area contributed by atoms with E-state index in [2.05, 4.69) is 15.3 Å². The van der Waals surface area contributed by atoms with Crippen molar-refractivity contribution < 1.29 is 18.0 Å². The summed E-state index contributed by atoms with van der Waals surface area (Å²) in [6.07, 6.45) is -1.90. The lowest BCUT2D eigenvalue weighted by molar-refractivity contribution is -0.127. The fourth-order valence-corrected chi connectivity index (χ4v) is 3.45. The van der Waals surface area contributed by atoms with Gasteiger partial charge in [0.25, 0.3) is 0 Å². The van der Waals surface area contributed by atoms with Crippen molar-refractivity contribution in [1.82, 2.24) is 4.98 Å². The molecule has 4 rings (SSSR count). The molecule has 3 aromatic rings. The molecule has 7 heteroatoms. The van der Waals surface area contributed by atoms with E-state index in [-0.39, 0.29) is 17.9 Å². The number of hydrogen-bond acceptors (Lipinski definition) is 3. The summed E-state index contributed by atoms with van der Waals surface area (Å²) in [6.45, 7) is 1.62. The van der Waals surface area contributed by atoms with Gasteiger partial charge < -0.3 is 5.32 Å². The largest absolute Gasteiger partial charge is 0.393 e. The number of nitrogens with zero attached hydrogens (tertiary/aromatic N) is 2. The summed E-state index contributed by atoms with van der Waals surface area (Å²) < 4.78 is 38.6. The maximum atomic E-state index is 12.9. The number of alkyl halides is 3. The molecule has 0 unspecified atom stereocenters. The molecule has 152 valence electrons. The Balaban J connectivity index is 1.75. The van der Waals surface area contributed by atoms with E-state index in [4.69, 9.17) is 0 Å². The van der Waals surface area contributed by atoms with Crippen LogP contribution in [0.15, 0.2) is 65.9 Å². The average Bonchev–Trinajstić information content (AvgIpc) is 2.86. The van der Waals surface area contributed by atoms with E-state index in [9.17, 15) is 18.0 Å². The van der Waals surface area contributed by atoms with Gasteiger partial charge in [0.15, 0.2) is 0 Å². The number of nitrogens with one attached hydrogen (secondary N) is 1. The van der Waals surface area contributed by atoms with Crippen LogP contribution in [-0.4, -0.2) is 22.8 Å². The second kappa shape index (κ2) is 7.74. The van der Waals surface area contributed by atoms with Gasteiger partial charge in [-0.2, -0.15) is 13.2 Å². The van der Waals surface area contributed by atoms with Crippen molar-refractivity contribution >= 4 is 23.0 Å². The van der Waals surface area contributed by atoms with Crippen molar-refractivity contribution in [3.63, 3.8) is 0 Å². The first kappa shape index (κ1) is 19.8. The second-order valence-corrected chi connectivity index (χ2v) is 7.19. The summed E-state index contributed by atoms with van der Waals surface area (Å²) in [5.41, 5.74) is 4.55. The number of halogens is 3. The fraction of sp³-hybridized carbons (Fsp3) is 0.174. The third-order valence-electron chi connectivity index (χ3n) is 4.89. The summed E-state index contributed by atoms with van der Waals surface area (Å²) in [7, 11) is 0. The predicted octanol–water partition coefficient (Wildman–Crippen LogP) is 5.62. The van der Waals surface area contributed by atoms with Crippen LogP contribution < -0.4 is 5.32 Å². The number of carbonyl (C=O) groups is 1. The molecule has 0 bridgehead atoms. The van der Waals surface area contributed by atoms with Gasteiger partial charge in [0.1, 0.15) is 0 Å². The molecular formula is C23H18F3N3O. The molecule has 1 N–H and O–H groups in total. The third-order valence-corrected chi connectivity index (χ3v) is 4.89. The molecule has 1 amide bonds. The molecule has 0 saturated carbocycles. The number of pyridine rings is 1. The van der Waals surface area contributed by atoms with E-state index in [0.29, 0.717) is 22.6 Å². The molecule has 1 aliphatic heterocycles. The van der Waals surface area contributed by atoms with Gasteiger partial charge >= 0.3 is 6.18 Å². The van der Waals surface area contributed by atoms with Crippen LogP contribution in [0.5, 0.6) is 0 Å². The van der Waals surface area contributed by atoms with Crippen LogP contribution in [0.2, 0.25) is 0 Å². The summed E-state index contributed by atoms with van der Waals surface area (Å²) in [5.74, 6) is -0.318. The molecule has 2 aromatic carbocycles. The zero-order valence-corrected chi connectivity index (χ0v) is 16.1. The maximum Gasteiger partial charge on any atom is 0.393 e. The van der Waals surface area contributed by atoms with Crippen LogP contribution in [0.25, 0.3) is 11.1 Å². The highest BCUT2D eigenvalue weighted by Gasteiger charge is 2.29. The Morgan fingerprint density at radius 3 is 2.53 bits per heavy atom. The van der Waals surface area contributed by atoms with E-state index >= 15 is 0 Å². The molecule has 0 aliphatic carbocycles. The molecule has 0 fully saturated rings. The Bertz CT molecular complexity index is 1140. The first-order valence-electron chi connectivity index (χ1n) is 9.37. The van der Waals surface area contributed by atoms with Gasteiger partial charge in [-0.1, -0.05) is 24.3 Å². The highest BCUT2D eigenvalue weighted by atomic mass is 19.4. The van der Waals surface area contributed by atoms with E-state index in [0.717, 1.165) is 16.7 Å². The number of amides is 1. The standard InChI is InChI=1S/C23H18F3N3O/c1-14-8-20-21(10-18(14)12-23(24,25)26)29-22(30)11-19(28-20)16-5-2-4-15(9-16)17-6-3-7-27-13-17/h2-10,13H,11-12H2,1H3,(H,29,30). The second-order valence-electron chi connectivity index (χ2n) is 7.19. The molecule has 0 saturated heterocycles. The van der Waals surface area contributed by atoms with Crippen LogP contribution in [-0.2, 0) is 11.2 Å². The van der Waals surface area contributed by atoms with Gasteiger partial charge in [0.2, 0.25) is 5.91 Å². The highest BCUT2D eigenvalue weighted by molar-refractivity contribution is 6.17. The normalized spacial score (nSPS) is 13.9. The number of hydrogen-bond donors (Lipinski definition) is 1. The average molecular weight is 409 g/mol. The number of carbonyl (C=O) groups excluding carboxylic acids is 1. The Kier molecular flexibility index (Phi) is 5.11. The van der Waals surface area contributed by atoms with E-state index < -0.39 is 12.6 Å². The lowest BCUT2D eigenvalue weighted by atomic mass is 10.0. The summed E-state index contributed by atoms with van der Waals surface area (Å²) in [6, 6.07) is 14.4.